The van der Waals surface area contributed by atoms with Crippen LogP contribution >= 0.6 is 0 Å². The van der Waals surface area contributed by atoms with Gasteiger partial charge in [-0.1, -0.05) is 0 Å². The van der Waals surface area contributed by atoms with Crippen molar-refractivity contribution in [2.24, 2.45) is 11.0 Å². The van der Waals surface area contributed by atoms with Crippen LogP contribution in [0.2, 0.25) is 0 Å². The Morgan fingerprint density at radius 2 is 2.00 bits per heavy atom. The van der Waals surface area contributed by atoms with Gasteiger partial charge in [0.15, 0.2) is 5.03 Å². The zero-order chi connectivity index (χ0) is 19.4. The van der Waals surface area contributed by atoms with E-state index in [1.54, 1.807) is 4.90 Å². The lowest BCUT2D eigenvalue weighted by atomic mass is 10.1. The molecule has 0 spiro atoms. The molecule has 2 saturated heterocycles. The highest BCUT2D eigenvalue weighted by Crippen LogP contribution is 2.21. The lowest BCUT2D eigenvalue weighted by Gasteiger charge is -2.21. The third-order valence-corrected chi connectivity index (χ3v) is 4.26. The fourth-order valence-corrected chi connectivity index (χ4v) is 2.96. The van der Waals surface area contributed by atoms with E-state index in [1.807, 2.05) is 0 Å². The number of ether oxygens (including phenoxy) is 2. The standard InChI is InChI=1S/C15H17N5O7/c21-15(27-13-3-1-12(2-4-13)19(22)23)18-7-6-17(14(18)16-20(24)25)9-11-5-8-26-10-11/h1-4,11H,5-10H2. The summed E-state index contributed by atoms with van der Waals surface area (Å²) in [5, 5.41) is 24.0. The maximum absolute atomic E-state index is 12.4. The summed E-state index contributed by atoms with van der Waals surface area (Å²) in [6, 6.07) is 4.96. The molecule has 2 aliphatic heterocycles. The summed E-state index contributed by atoms with van der Waals surface area (Å²) in [5.74, 6) is 0.222. The molecule has 0 aliphatic carbocycles. The Labute approximate surface area is 153 Å². The summed E-state index contributed by atoms with van der Waals surface area (Å²) in [5.41, 5.74) is -0.142. The topological polar surface area (TPSA) is 141 Å². The number of rotatable bonds is 5. The molecule has 12 heteroatoms. The Bertz CT molecular complexity index is 760. The molecule has 0 radical (unpaired) electrons. The summed E-state index contributed by atoms with van der Waals surface area (Å²) < 4.78 is 10.5. The van der Waals surface area contributed by atoms with Gasteiger partial charge < -0.3 is 14.4 Å². The van der Waals surface area contributed by atoms with Gasteiger partial charge in [0.1, 0.15) is 10.9 Å². The second kappa shape index (κ2) is 7.95. The van der Waals surface area contributed by atoms with Crippen molar-refractivity contribution in [2.45, 2.75) is 6.42 Å². The third-order valence-electron chi connectivity index (χ3n) is 4.26. The Kier molecular flexibility index (Phi) is 5.45. The maximum atomic E-state index is 12.4. The molecule has 12 nitrogen and oxygen atoms in total. The van der Waals surface area contributed by atoms with Crippen LogP contribution in [0.4, 0.5) is 10.5 Å². The summed E-state index contributed by atoms with van der Waals surface area (Å²) in [4.78, 5) is 36.2. The highest BCUT2D eigenvalue weighted by molar-refractivity contribution is 5.96. The third kappa shape index (κ3) is 4.47. The highest BCUT2D eigenvalue weighted by atomic mass is 16.7. The van der Waals surface area contributed by atoms with Crippen LogP contribution in [0, 0.1) is 26.1 Å². The van der Waals surface area contributed by atoms with Crippen molar-refractivity contribution < 1.29 is 24.2 Å². The first-order valence-electron chi connectivity index (χ1n) is 8.23. The molecule has 0 bridgehead atoms. The molecule has 2 aliphatic rings. The van der Waals surface area contributed by atoms with Gasteiger partial charge in [0.05, 0.1) is 18.1 Å². The SMILES string of the molecule is O=C(Oc1ccc([N+](=O)[O-])cc1)N1CCN(CC2CCOC2)C1=N[N+](=O)[O-]. The summed E-state index contributed by atoms with van der Waals surface area (Å²) in [6.07, 6.45) is 0.00443. The fourth-order valence-electron chi connectivity index (χ4n) is 2.96. The second-order valence-electron chi connectivity index (χ2n) is 6.08. The Morgan fingerprint density at radius 3 is 2.59 bits per heavy atom. The van der Waals surface area contributed by atoms with Gasteiger partial charge in [0.2, 0.25) is 0 Å². The minimum absolute atomic E-state index is 0.0844. The number of nitro benzene ring substituents is 1. The summed E-state index contributed by atoms with van der Waals surface area (Å²) in [6.45, 7) is 2.28. The van der Waals surface area contributed by atoms with Crippen molar-refractivity contribution in [2.75, 3.05) is 32.8 Å². The van der Waals surface area contributed by atoms with Crippen LogP contribution in [0.3, 0.4) is 0 Å². The van der Waals surface area contributed by atoms with Crippen molar-refractivity contribution >= 4 is 17.7 Å². The van der Waals surface area contributed by atoms with E-state index < -0.39 is 16.0 Å². The van der Waals surface area contributed by atoms with E-state index in [9.17, 15) is 25.0 Å². The van der Waals surface area contributed by atoms with Crippen LogP contribution in [0.1, 0.15) is 6.42 Å². The first-order chi connectivity index (χ1) is 12.9. The predicted molar refractivity (Wildman–Crippen MR) is 90.8 cm³/mol. The molecule has 1 atom stereocenters. The van der Waals surface area contributed by atoms with Gasteiger partial charge in [-0.05, 0) is 18.6 Å². The van der Waals surface area contributed by atoms with Crippen LogP contribution in [0.5, 0.6) is 5.75 Å². The van der Waals surface area contributed by atoms with Crippen molar-refractivity contribution in [1.82, 2.24) is 9.80 Å². The lowest BCUT2D eigenvalue weighted by molar-refractivity contribution is -0.486. The lowest BCUT2D eigenvalue weighted by Crippen LogP contribution is -2.41. The normalized spacial score (nSPS) is 20.9. The number of hydrazone groups is 1. The first-order valence-corrected chi connectivity index (χ1v) is 8.23. The van der Waals surface area contributed by atoms with Gasteiger partial charge in [-0.3, -0.25) is 10.1 Å². The number of nitro groups is 2. The number of carbonyl (C=O) groups is 1. The van der Waals surface area contributed by atoms with E-state index in [0.29, 0.717) is 26.3 Å². The number of non-ortho nitro benzene ring substituents is 1. The number of nitrogens with zero attached hydrogens (tertiary/aromatic N) is 5. The number of amides is 1. The van der Waals surface area contributed by atoms with Gasteiger partial charge >= 0.3 is 6.09 Å². The molecule has 3 rings (SSSR count). The Morgan fingerprint density at radius 1 is 1.26 bits per heavy atom. The Hall–Kier alpha value is -3.28. The summed E-state index contributed by atoms with van der Waals surface area (Å²) in [7, 11) is 0. The van der Waals surface area contributed by atoms with Gasteiger partial charge in [0, 0.05) is 37.7 Å². The number of hydrogen-bond acceptors (Lipinski definition) is 7. The molecule has 1 unspecified atom stereocenters. The van der Waals surface area contributed by atoms with Gasteiger partial charge in [-0.2, -0.15) is 0 Å². The Balaban J connectivity index is 1.70. The van der Waals surface area contributed by atoms with Crippen LogP contribution in [-0.2, 0) is 4.74 Å². The number of guanidine groups is 1. The van der Waals surface area contributed by atoms with Crippen LogP contribution in [0.25, 0.3) is 0 Å². The number of hydrogen-bond donors (Lipinski definition) is 0. The van der Waals surface area contributed by atoms with Crippen LogP contribution in [0.15, 0.2) is 29.4 Å². The number of benzene rings is 1. The molecule has 2 fully saturated rings. The fraction of sp³-hybridized carbons (Fsp3) is 0.467. The highest BCUT2D eigenvalue weighted by Gasteiger charge is 2.37. The predicted octanol–water partition coefficient (Wildman–Crippen LogP) is 1.30. The minimum Gasteiger partial charge on any atom is -0.410 e. The van der Waals surface area contributed by atoms with E-state index >= 15 is 0 Å². The molecule has 1 amide bonds. The average Bonchev–Trinajstić information content (AvgIpc) is 3.26. The zero-order valence-electron chi connectivity index (χ0n) is 14.2. The second-order valence-corrected chi connectivity index (χ2v) is 6.08. The molecule has 144 valence electrons. The monoisotopic (exact) mass is 379 g/mol. The molecule has 0 aromatic heterocycles. The van der Waals surface area contributed by atoms with E-state index in [4.69, 9.17) is 9.47 Å². The van der Waals surface area contributed by atoms with Crippen LogP contribution < -0.4 is 4.74 Å². The molecule has 0 N–H and O–H groups in total. The van der Waals surface area contributed by atoms with Gasteiger partial charge in [0.25, 0.3) is 11.6 Å². The van der Waals surface area contributed by atoms with Crippen molar-refractivity contribution in [1.29, 1.82) is 0 Å². The van der Waals surface area contributed by atoms with E-state index in [-0.39, 0.29) is 29.9 Å². The van der Waals surface area contributed by atoms with Crippen molar-refractivity contribution in [3.8, 4) is 5.75 Å². The minimum atomic E-state index is -0.856. The number of carbonyl (C=O) groups excluding carboxylic acids is 1. The molecule has 2 heterocycles. The van der Waals surface area contributed by atoms with Gasteiger partial charge in [-0.25, -0.2) is 19.8 Å². The molecule has 27 heavy (non-hydrogen) atoms. The molecule has 1 aromatic carbocycles. The maximum Gasteiger partial charge on any atom is 0.422 e. The zero-order valence-corrected chi connectivity index (χ0v) is 14.2. The molecular weight excluding hydrogens is 362 g/mol. The van der Waals surface area contributed by atoms with E-state index in [1.165, 1.54) is 24.3 Å². The quantitative estimate of drug-likeness (QED) is 0.550. The van der Waals surface area contributed by atoms with E-state index in [0.717, 1.165) is 11.3 Å². The average molecular weight is 379 g/mol. The largest absolute Gasteiger partial charge is 0.422 e. The molecule has 0 saturated carbocycles. The smallest absolute Gasteiger partial charge is 0.410 e. The first kappa shape index (κ1) is 18.5. The van der Waals surface area contributed by atoms with Crippen molar-refractivity contribution in [3.05, 3.63) is 44.5 Å². The van der Waals surface area contributed by atoms with Crippen molar-refractivity contribution in [3.63, 3.8) is 0 Å². The molecular formula is C15H17N5O7. The van der Waals surface area contributed by atoms with E-state index in [2.05, 4.69) is 5.10 Å². The summed E-state index contributed by atoms with van der Waals surface area (Å²) >= 11 is 0. The van der Waals surface area contributed by atoms with Crippen LogP contribution in [-0.4, -0.2) is 64.7 Å². The van der Waals surface area contributed by atoms with Gasteiger partial charge in [-0.15, -0.1) is 0 Å². The molecule has 1 aromatic rings.